The van der Waals surface area contributed by atoms with Crippen LogP contribution in [0.3, 0.4) is 0 Å². The van der Waals surface area contributed by atoms with Crippen LogP contribution in [0.15, 0.2) is 58.7 Å². The lowest BCUT2D eigenvalue weighted by Crippen LogP contribution is -2.10. The van der Waals surface area contributed by atoms with Crippen LogP contribution in [0.4, 0.5) is 0 Å². The fraction of sp³-hybridized carbons (Fsp3) is 0.391. The molecule has 1 aliphatic heterocycles. The van der Waals surface area contributed by atoms with Crippen LogP contribution < -0.4 is 0 Å². The van der Waals surface area contributed by atoms with Crippen molar-refractivity contribution in [1.82, 2.24) is 0 Å². The lowest BCUT2D eigenvalue weighted by atomic mass is 10.1. The van der Waals surface area contributed by atoms with Gasteiger partial charge in [-0.3, -0.25) is 4.79 Å². The van der Waals surface area contributed by atoms with Gasteiger partial charge in [-0.25, -0.2) is 4.79 Å². The lowest BCUT2D eigenvalue weighted by molar-refractivity contribution is -0.147. The number of hydrogen-bond donors (Lipinski definition) is 0. The predicted molar refractivity (Wildman–Crippen MR) is 102 cm³/mol. The zero-order valence-electron chi connectivity index (χ0n) is 16.1. The monoisotopic (exact) mass is 380 g/mol. The Morgan fingerprint density at radius 2 is 2.04 bits per heavy atom. The van der Waals surface area contributed by atoms with Gasteiger partial charge < -0.3 is 13.9 Å². The van der Waals surface area contributed by atoms with Crippen molar-refractivity contribution >= 4 is 11.9 Å². The second-order valence-corrected chi connectivity index (χ2v) is 8.09. The van der Waals surface area contributed by atoms with Gasteiger partial charge in [0.25, 0.3) is 0 Å². The highest BCUT2D eigenvalue weighted by atomic mass is 16.5. The maximum Gasteiger partial charge on any atom is 0.333 e. The molecule has 0 radical (unpaired) electrons. The Morgan fingerprint density at radius 3 is 2.75 bits per heavy atom. The molecule has 1 aromatic heterocycles. The third kappa shape index (κ3) is 3.75. The van der Waals surface area contributed by atoms with E-state index in [0.717, 1.165) is 11.3 Å². The average molecular weight is 380 g/mol. The first-order valence-corrected chi connectivity index (χ1v) is 9.60. The van der Waals surface area contributed by atoms with Crippen molar-refractivity contribution in [1.29, 1.82) is 0 Å². The molecule has 2 aromatic rings. The number of esters is 2. The topological polar surface area (TPSA) is 65.7 Å². The highest BCUT2D eigenvalue weighted by molar-refractivity contribution is 5.90. The molecule has 2 atom stereocenters. The average Bonchev–Trinajstić information content (AvgIpc) is 3.03. The van der Waals surface area contributed by atoms with Crippen LogP contribution in [-0.4, -0.2) is 18.5 Å². The largest absolute Gasteiger partial charge is 0.469 e. The summed E-state index contributed by atoms with van der Waals surface area (Å²) in [5.74, 6) is 0.122. The summed E-state index contributed by atoms with van der Waals surface area (Å²) in [7, 11) is 0. The third-order valence-corrected chi connectivity index (χ3v) is 5.72. The molecule has 2 unspecified atom stereocenters. The maximum atomic E-state index is 12.6. The molecule has 0 spiro atoms. The zero-order chi connectivity index (χ0) is 19.7. The summed E-state index contributed by atoms with van der Waals surface area (Å²) in [5, 5.41) is 0. The molecule has 28 heavy (non-hydrogen) atoms. The summed E-state index contributed by atoms with van der Waals surface area (Å²) in [6.07, 6.45) is 4.86. The first kappa shape index (κ1) is 18.5. The maximum absolute atomic E-state index is 12.6. The van der Waals surface area contributed by atoms with Crippen LogP contribution in [0.25, 0.3) is 0 Å². The van der Waals surface area contributed by atoms with Crippen LogP contribution in [0.1, 0.15) is 37.2 Å². The van der Waals surface area contributed by atoms with E-state index in [1.807, 2.05) is 56.3 Å². The van der Waals surface area contributed by atoms with Gasteiger partial charge >= 0.3 is 11.9 Å². The molecule has 1 aromatic carbocycles. The first-order chi connectivity index (χ1) is 13.4. The summed E-state index contributed by atoms with van der Waals surface area (Å²) in [6.45, 7) is 4.67. The summed E-state index contributed by atoms with van der Waals surface area (Å²) >= 11 is 0. The van der Waals surface area contributed by atoms with E-state index < -0.39 is 0 Å². The molecule has 1 saturated carbocycles. The van der Waals surface area contributed by atoms with Gasteiger partial charge in [0.05, 0.1) is 18.8 Å². The van der Waals surface area contributed by atoms with Crippen LogP contribution in [-0.2, 0) is 32.1 Å². The molecular formula is C23H24O5. The van der Waals surface area contributed by atoms with Crippen molar-refractivity contribution in [2.75, 3.05) is 6.61 Å². The molecule has 4 rings (SSSR count). The van der Waals surface area contributed by atoms with Crippen molar-refractivity contribution in [3.63, 3.8) is 0 Å². The highest BCUT2D eigenvalue weighted by Crippen LogP contribution is 2.60. The Hall–Kier alpha value is -2.82. The van der Waals surface area contributed by atoms with E-state index in [0.29, 0.717) is 25.0 Å². The van der Waals surface area contributed by atoms with Gasteiger partial charge in [-0.2, -0.15) is 0 Å². The molecule has 5 heteroatoms. The smallest absolute Gasteiger partial charge is 0.333 e. The highest BCUT2D eigenvalue weighted by Gasteiger charge is 2.61. The first-order valence-electron chi connectivity index (χ1n) is 9.60. The minimum absolute atomic E-state index is 0.0126. The molecule has 5 nitrogen and oxygen atoms in total. The van der Waals surface area contributed by atoms with Gasteiger partial charge in [0, 0.05) is 24.0 Å². The molecule has 2 heterocycles. The van der Waals surface area contributed by atoms with E-state index in [-0.39, 0.29) is 35.8 Å². The van der Waals surface area contributed by atoms with Gasteiger partial charge in [-0.05, 0) is 23.0 Å². The fourth-order valence-corrected chi connectivity index (χ4v) is 3.89. The lowest BCUT2D eigenvalue weighted by Gasteiger charge is -2.03. The Balaban J connectivity index is 1.33. The van der Waals surface area contributed by atoms with Gasteiger partial charge in [0.2, 0.25) is 0 Å². The number of carbonyl (C=O) groups is 2. The normalized spacial score (nSPS) is 24.2. The van der Waals surface area contributed by atoms with Gasteiger partial charge in [-0.1, -0.05) is 50.3 Å². The number of rotatable bonds is 6. The Kier molecular flexibility index (Phi) is 4.84. The van der Waals surface area contributed by atoms with Gasteiger partial charge in [0.1, 0.15) is 12.4 Å². The third-order valence-electron chi connectivity index (χ3n) is 5.72. The van der Waals surface area contributed by atoms with E-state index in [4.69, 9.17) is 13.9 Å². The molecular weight excluding hydrogens is 356 g/mol. The summed E-state index contributed by atoms with van der Waals surface area (Å²) in [6, 6.07) is 12.0. The van der Waals surface area contributed by atoms with Crippen molar-refractivity contribution < 1.29 is 23.5 Å². The number of allylic oxidation sites excluding steroid dienone is 1. The second kappa shape index (κ2) is 7.30. The molecule has 0 N–H and O–H groups in total. The predicted octanol–water partition coefficient (Wildman–Crippen LogP) is 4.06. The van der Waals surface area contributed by atoms with Crippen molar-refractivity contribution in [2.45, 2.75) is 33.3 Å². The molecule has 0 amide bonds. The Morgan fingerprint density at radius 1 is 1.25 bits per heavy atom. The molecule has 1 aliphatic carbocycles. The van der Waals surface area contributed by atoms with Crippen LogP contribution in [0.2, 0.25) is 0 Å². The van der Waals surface area contributed by atoms with Crippen LogP contribution >= 0.6 is 0 Å². The number of benzene rings is 1. The molecule has 2 fully saturated rings. The SMILES string of the molecule is CC1(C)C(/C=C2/CCOC2=O)C1C(=O)OCc1coc(Cc2ccccc2)c1. The van der Waals surface area contributed by atoms with Crippen LogP contribution in [0.5, 0.6) is 0 Å². The van der Waals surface area contributed by atoms with Crippen molar-refractivity contribution in [2.24, 2.45) is 17.3 Å². The Bertz CT molecular complexity index is 906. The number of carbonyl (C=O) groups excluding carboxylic acids is 2. The van der Waals surface area contributed by atoms with Gasteiger partial charge in [-0.15, -0.1) is 0 Å². The minimum Gasteiger partial charge on any atom is -0.469 e. The zero-order valence-corrected chi connectivity index (χ0v) is 16.1. The van der Waals surface area contributed by atoms with Gasteiger partial charge in [0.15, 0.2) is 0 Å². The number of cyclic esters (lactones) is 1. The molecule has 2 aliphatic rings. The minimum atomic E-state index is -0.265. The van der Waals surface area contributed by atoms with E-state index in [9.17, 15) is 9.59 Å². The number of ether oxygens (including phenoxy) is 2. The van der Waals surface area contributed by atoms with Crippen LogP contribution in [0, 0.1) is 17.3 Å². The number of hydrogen-bond acceptors (Lipinski definition) is 5. The van der Waals surface area contributed by atoms with Crippen molar-refractivity contribution in [3.8, 4) is 0 Å². The second-order valence-electron chi connectivity index (χ2n) is 8.09. The quantitative estimate of drug-likeness (QED) is 0.559. The van der Waals surface area contributed by atoms with Crippen molar-refractivity contribution in [3.05, 3.63) is 71.2 Å². The summed E-state index contributed by atoms with van der Waals surface area (Å²) < 4.78 is 16.1. The van der Waals surface area contributed by atoms with E-state index in [1.54, 1.807) is 6.26 Å². The van der Waals surface area contributed by atoms with E-state index >= 15 is 0 Å². The summed E-state index contributed by atoms with van der Waals surface area (Å²) in [4.78, 5) is 24.2. The molecule has 0 bridgehead atoms. The molecule has 146 valence electrons. The van der Waals surface area contributed by atoms with E-state index in [1.165, 1.54) is 5.56 Å². The Labute approximate surface area is 164 Å². The molecule has 1 saturated heterocycles. The fourth-order valence-electron chi connectivity index (χ4n) is 3.89. The summed E-state index contributed by atoms with van der Waals surface area (Å²) in [5.41, 5.74) is 2.48. The van der Waals surface area contributed by atoms with E-state index in [2.05, 4.69) is 0 Å². The standard InChI is InChI=1S/C23H24O5/c1-23(2)19(12-17-8-9-26-21(17)24)20(23)22(25)28-14-16-11-18(27-13-16)10-15-6-4-3-5-7-15/h3-7,11-13,19-20H,8-10,14H2,1-2H3/b17-12-. The number of furan rings is 1.